The Bertz CT molecular complexity index is 1030. The van der Waals surface area contributed by atoms with Gasteiger partial charge in [0.2, 0.25) is 0 Å². The number of amides is 1. The van der Waals surface area contributed by atoms with E-state index in [0.29, 0.717) is 19.0 Å². The fourth-order valence-electron chi connectivity index (χ4n) is 4.57. The van der Waals surface area contributed by atoms with Gasteiger partial charge in [-0.1, -0.05) is 48.5 Å². The Hall–Kier alpha value is -2.63. The van der Waals surface area contributed by atoms with Crippen molar-refractivity contribution in [2.75, 3.05) is 19.6 Å². The van der Waals surface area contributed by atoms with Crippen LogP contribution in [0.25, 0.3) is 0 Å². The summed E-state index contributed by atoms with van der Waals surface area (Å²) in [4.78, 5) is 20.0. The van der Waals surface area contributed by atoms with Crippen molar-refractivity contribution < 1.29 is 9.21 Å². The third-order valence-electron chi connectivity index (χ3n) is 6.22. The Morgan fingerprint density at radius 3 is 2.71 bits per heavy atom. The van der Waals surface area contributed by atoms with Crippen molar-refractivity contribution >= 4 is 18.3 Å². The third-order valence-corrected chi connectivity index (χ3v) is 6.22. The van der Waals surface area contributed by atoms with Gasteiger partial charge in [0.25, 0.3) is 5.91 Å². The van der Waals surface area contributed by atoms with Gasteiger partial charge in [-0.3, -0.25) is 4.79 Å². The predicted molar refractivity (Wildman–Crippen MR) is 123 cm³/mol. The highest BCUT2D eigenvalue weighted by Gasteiger charge is 2.29. The van der Waals surface area contributed by atoms with E-state index in [1.54, 1.807) is 0 Å². The number of aromatic nitrogens is 1. The van der Waals surface area contributed by atoms with E-state index in [2.05, 4.69) is 35.6 Å². The number of halogens is 1. The van der Waals surface area contributed by atoms with E-state index in [0.717, 1.165) is 61.7 Å². The van der Waals surface area contributed by atoms with E-state index in [9.17, 15) is 4.79 Å². The van der Waals surface area contributed by atoms with Crippen LogP contribution in [0.5, 0.6) is 0 Å². The lowest BCUT2D eigenvalue weighted by Gasteiger charge is -2.27. The van der Waals surface area contributed by atoms with Gasteiger partial charge in [-0.2, -0.15) is 0 Å². The largest absolute Gasteiger partial charge is 0.445 e. The first kappa shape index (κ1) is 21.6. The minimum absolute atomic E-state index is 0. The van der Waals surface area contributed by atoms with Crippen LogP contribution >= 0.6 is 12.4 Å². The summed E-state index contributed by atoms with van der Waals surface area (Å²) in [5.41, 5.74) is 4.20. The number of nitrogens with zero attached hydrogens (tertiary/aromatic N) is 2. The number of carbonyl (C=O) groups excluding carboxylic acids is 1. The number of oxazole rings is 1. The van der Waals surface area contributed by atoms with Crippen LogP contribution in [0.4, 0.5) is 0 Å². The molecule has 6 heteroatoms. The third kappa shape index (κ3) is 4.68. The molecule has 0 aliphatic carbocycles. The van der Waals surface area contributed by atoms with Gasteiger partial charge < -0.3 is 14.6 Å². The molecular formula is C25H28ClN3O2. The Labute approximate surface area is 189 Å². The van der Waals surface area contributed by atoms with Crippen molar-refractivity contribution in [3.8, 4) is 0 Å². The molecule has 1 unspecified atom stereocenters. The number of carbonyl (C=O) groups is 1. The smallest absolute Gasteiger partial charge is 0.254 e. The second kappa shape index (κ2) is 9.67. The van der Waals surface area contributed by atoms with E-state index >= 15 is 0 Å². The molecule has 3 heterocycles. The van der Waals surface area contributed by atoms with Crippen molar-refractivity contribution in [2.24, 2.45) is 0 Å². The topological polar surface area (TPSA) is 58.4 Å². The van der Waals surface area contributed by atoms with E-state index in [4.69, 9.17) is 9.40 Å². The quantitative estimate of drug-likeness (QED) is 0.651. The van der Waals surface area contributed by atoms with E-state index < -0.39 is 0 Å². The zero-order valence-corrected chi connectivity index (χ0v) is 18.4. The maximum Gasteiger partial charge on any atom is 0.254 e. The van der Waals surface area contributed by atoms with Crippen LogP contribution in [0.3, 0.4) is 0 Å². The number of aryl methyl sites for hydroxylation is 2. The van der Waals surface area contributed by atoms with Gasteiger partial charge in [0, 0.05) is 31.5 Å². The Kier molecular flexibility index (Phi) is 6.73. The van der Waals surface area contributed by atoms with Gasteiger partial charge in [-0.25, -0.2) is 4.98 Å². The van der Waals surface area contributed by atoms with E-state index in [-0.39, 0.29) is 18.3 Å². The summed E-state index contributed by atoms with van der Waals surface area (Å²) in [5.74, 6) is 2.24. The molecule has 5 rings (SSSR count). The second-order valence-electron chi connectivity index (χ2n) is 8.22. The average Bonchev–Trinajstić information content (AvgIpc) is 3.47. The van der Waals surface area contributed by atoms with Gasteiger partial charge in [0.15, 0.2) is 5.89 Å². The molecule has 2 aliphatic rings. The molecule has 1 saturated heterocycles. The van der Waals surface area contributed by atoms with Crippen molar-refractivity contribution in [2.45, 2.75) is 38.1 Å². The lowest BCUT2D eigenvalue weighted by Crippen LogP contribution is -2.36. The average molecular weight is 438 g/mol. The number of hydrogen-bond acceptors (Lipinski definition) is 4. The number of nitrogens with one attached hydrogen (secondary N) is 1. The molecule has 0 spiro atoms. The second-order valence-corrected chi connectivity index (χ2v) is 8.22. The number of hydrogen-bond donors (Lipinski definition) is 1. The van der Waals surface area contributed by atoms with Crippen LogP contribution in [-0.2, 0) is 25.8 Å². The molecule has 1 N–H and O–H groups in total. The summed E-state index contributed by atoms with van der Waals surface area (Å²) >= 11 is 0. The van der Waals surface area contributed by atoms with Crippen molar-refractivity contribution in [1.29, 1.82) is 0 Å². The molecule has 0 radical (unpaired) electrons. The van der Waals surface area contributed by atoms with Crippen LogP contribution in [0.1, 0.15) is 51.2 Å². The van der Waals surface area contributed by atoms with E-state index in [1.165, 1.54) is 11.1 Å². The first-order valence-corrected chi connectivity index (χ1v) is 10.9. The van der Waals surface area contributed by atoms with Crippen molar-refractivity contribution in [3.05, 3.63) is 88.6 Å². The maximum absolute atomic E-state index is 13.4. The fraction of sp³-hybridized carbons (Fsp3) is 0.360. The summed E-state index contributed by atoms with van der Waals surface area (Å²) in [6.45, 7) is 3.17. The lowest BCUT2D eigenvalue weighted by molar-refractivity contribution is 0.0726. The van der Waals surface area contributed by atoms with Crippen LogP contribution in [0, 0.1) is 0 Å². The molecule has 0 bridgehead atoms. The molecular weight excluding hydrogens is 410 g/mol. The summed E-state index contributed by atoms with van der Waals surface area (Å²) in [6.07, 6.45) is 3.50. The van der Waals surface area contributed by atoms with Gasteiger partial charge in [-0.05, 0) is 42.5 Å². The molecule has 1 amide bonds. The number of rotatable bonds is 5. The highest BCUT2D eigenvalue weighted by Crippen LogP contribution is 2.28. The first-order valence-electron chi connectivity index (χ1n) is 10.9. The minimum atomic E-state index is 0. The molecule has 0 saturated carbocycles. The zero-order valence-electron chi connectivity index (χ0n) is 17.5. The normalized spacial score (nSPS) is 17.8. The number of fused-ring (bicyclic) bond motifs is 1. The maximum atomic E-state index is 13.4. The summed E-state index contributed by atoms with van der Waals surface area (Å²) in [6, 6.07) is 18.5. The van der Waals surface area contributed by atoms with Crippen LogP contribution in [0.15, 0.2) is 59.0 Å². The molecule has 2 aromatic carbocycles. The lowest BCUT2D eigenvalue weighted by atomic mass is 9.92. The van der Waals surface area contributed by atoms with E-state index in [1.807, 2.05) is 29.2 Å². The Balaban J connectivity index is 0.00000231. The van der Waals surface area contributed by atoms with Gasteiger partial charge in [-0.15, -0.1) is 12.4 Å². The highest BCUT2D eigenvalue weighted by atomic mass is 35.5. The molecule has 1 atom stereocenters. The van der Waals surface area contributed by atoms with Crippen molar-refractivity contribution in [1.82, 2.24) is 15.2 Å². The van der Waals surface area contributed by atoms with Crippen LogP contribution in [0.2, 0.25) is 0 Å². The summed E-state index contributed by atoms with van der Waals surface area (Å²) < 4.78 is 6.01. The minimum Gasteiger partial charge on any atom is -0.445 e. The molecule has 1 fully saturated rings. The molecule has 1 aromatic heterocycles. The van der Waals surface area contributed by atoms with Crippen molar-refractivity contribution in [3.63, 3.8) is 0 Å². The van der Waals surface area contributed by atoms with Gasteiger partial charge in [0.05, 0.1) is 6.54 Å². The molecule has 31 heavy (non-hydrogen) atoms. The summed E-state index contributed by atoms with van der Waals surface area (Å²) in [5, 5.41) is 3.41. The Morgan fingerprint density at radius 1 is 1.10 bits per heavy atom. The molecule has 162 valence electrons. The molecule has 5 nitrogen and oxygen atoms in total. The fourth-order valence-corrected chi connectivity index (χ4v) is 4.57. The first-order chi connectivity index (χ1) is 14.8. The highest BCUT2D eigenvalue weighted by molar-refractivity contribution is 5.96. The molecule has 3 aromatic rings. The Morgan fingerprint density at radius 2 is 1.90 bits per heavy atom. The zero-order chi connectivity index (χ0) is 20.3. The van der Waals surface area contributed by atoms with Crippen LogP contribution < -0.4 is 5.32 Å². The van der Waals surface area contributed by atoms with Gasteiger partial charge in [0.1, 0.15) is 11.5 Å². The molecule has 2 aliphatic heterocycles. The summed E-state index contributed by atoms with van der Waals surface area (Å²) in [7, 11) is 0. The SMILES string of the molecule is Cl.O=C(c1ccccc1C1CCNC1)N1CCc2oc(CCc3ccccc3)nc2C1. The van der Waals surface area contributed by atoms with Crippen LogP contribution in [-0.4, -0.2) is 35.4 Å². The number of benzene rings is 2. The van der Waals surface area contributed by atoms with Gasteiger partial charge >= 0.3 is 0 Å². The standard InChI is InChI=1S/C25H27N3O2.ClH/c29-25(21-9-5-4-8-20(21)19-12-14-26-16-19)28-15-13-23-22(17-28)27-24(30-23)11-10-18-6-2-1-3-7-18;/h1-9,19,26H,10-17H2;1H. The monoisotopic (exact) mass is 437 g/mol. The predicted octanol–water partition coefficient (Wildman–Crippen LogP) is 4.16.